The Bertz CT molecular complexity index is 813. The van der Waals surface area contributed by atoms with Crippen LogP contribution in [0.3, 0.4) is 0 Å². The van der Waals surface area contributed by atoms with E-state index in [0.717, 1.165) is 17.4 Å². The molecule has 4 nitrogen and oxygen atoms in total. The van der Waals surface area contributed by atoms with Crippen molar-refractivity contribution < 1.29 is 14.0 Å². The van der Waals surface area contributed by atoms with Gasteiger partial charge >= 0.3 is 0 Å². The lowest BCUT2D eigenvalue weighted by Gasteiger charge is -2.03. The predicted octanol–water partition coefficient (Wildman–Crippen LogP) is 3.34. The Morgan fingerprint density at radius 1 is 1.04 bits per heavy atom. The lowest BCUT2D eigenvalue weighted by atomic mass is 10.0. The van der Waals surface area contributed by atoms with Crippen molar-refractivity contribution in [1.82, 2.24) is 5.32 Å². The molecule has 116 valence electrons. The molecule has 1 N–H and O–H groups in total. The third kappa shape index (κ3) is 3.48. The molecule has 1 heterocycles. The summed E-state index contributed by atoms with van der Waals surface area (Å²) < 4.78 is 5.61. The van der Waals surface area contributed by atoms with Crippen LogP contribution < -0.4 is 5.32 Å². The van der Waals surface area contributed by atoms with E-state index in [2.05, 4.69) is 5.32 Å². The van der Waals surface area contributed by atoms with E-state index in [9.17, 15) is 9.59 Å². The highest BCUT2D eigenvalue weighted by Gasteiger charge is 2.14. The first-order chi connectivity index (χ1) is 11.1. The second-order valence-electron chi connectivity index (χ2n) is 5.41. The Hall–Kier alpha value is -2.88. The summed E-state index contributed by atoms with van der Waals surface area (Å²) in [7, 11) is 0. The van der Waals surface area contributed by atoms with Crippen LogP contribution in [0.2, 0.25) is 0 Å². The van der Waals surface area contributed by atoms with Crippen molar-refractivity contribution in [2.75, 3.05) is 6.54 Å². The Kier molecular flexibility index (Phi) is 4.24. The minimum atomic E-state index is -0.130. The quantitative estimate of drug-likeness (QED) is 0.735. The van der Waals surface area contributed by atoms with Crippen molar-refractivity contribution in [1.29, 1.82) is 0 Å². The van der Waals surface area contributed by atoms with Gasteiger partial charge in [0.25, 0.3) is 0 Å². The van der Waals surface area contributed by atoms with E-state index in [4.69, 9.17) is 4.42 Å². The van der Waals surface area contributed by atoms with Crippen molar-refractivity contribution in [3.63, 3.8) is 0 Å². The van der Waals surface area contributed by atoms with Gasteiger partial charge in [-0.3, -0.25) is 9.59 Å². The molecule has 0 saturated heterocycles. The number of hydrogen-bond donors (Lipinski definition) is 1. The molecule has 0 radical (unpaired) electrons. The molecule has 0 saturated carbocycles. The fourth-order valence-electron chi connectivity index (χ4n) is 2.44. The summed E-state index contributed by atoms with van der Waals surface area (Å²) in [5.41, 5.74) is 2.37. The highest BCUT2D eigenvalue weighted by Crippen LogP contribution is 2.21. The molecule has 0 aliphatic rings. The number of carbonyl (C=O) groups excluding carboxylic acids is 2. The summed E-state index contributed by atoms with van der Waals surface area (Å²) >= 11 is 0. The molecule has 0 bridgehead atoms. The first kappa shape index (κ1) is 15.0. The van der Waals surface area contributed by atoms with E-state index in [1.54, 1.807) is 18.2 Å². The molecule has 23 heavy (non-hydrogen) atoms. The third-order valence-corrected chi connectivity index (χ3v) is 3.65. The van der Waals surface area contributed by atoms with Crippen LogP contribution in [0, 0.1) is 0 Å². The summed E-state index contributed by atoms with van der Waals surface area (Å²) in [6, 6.07) is 16.7. The van der Waals surface area contributed by atoms with Gasteiger partial charge in [-0.15, -0.1) is 0 Å². The van der Waals surface area contributed by atoms with Gasteiger partial charge in [0.1, 0.15) is 5.58 Å². The van der Waals surface area contributed by atoms with Crippen LogP contribution in [0.1, 0.15) is 28.6 Å². The Labute approximate surface area is 134 Å². The molecule has 1 aromatic heterocycles. The molecule has 2 aromatic carbocycles. The van der Waals surface area contributed by atoms with Gasteiger partial charge in [-0.25, -0.2) is 0 Å². The number of nitrogens with one attached hydrogen (secondary N) is 1. The number of para-hydroxylation sites is 1. The first-order valence-electron chi connectivity index (χ1n) is 7.50. The molecule has 0 fully saturated rings. The third-order valence-electron chi connectivity index (χ3n) is 3.65. The van der Waals surface area contributed by atoms with E-state index in [-0.39, 0.29) is 11.7 Å². The Morgan fingerprint density at radius 3 is 2.48 bits per heavy atom. The molecule has 0 atom stereocenters. The molecule has 0 aliphatic carbocycles. The number of benzene rings is 2. The van der Waals surface area contributed by atoms with Gasteiger partial charge in [0.05, 0.1) is 0 Å². The normalized spacial score (nSPS) is 10.7. The zero-order valence-corrected chi connectivity index (χ0v) is 12.8. The molecule has 0 aliphatic heterocycles. The van der Waals surface area contributed by atoms with Gasteiger partial charge in [0.15, 0.2) is 5.76 Å². The van der Waals surface area contributed by atoms with Crippen molar-refractivity contribution in [3.8, 4) is 0 Å². The molecule has 4 heteroatoms. The van der Waals surface area contributed by atoms with Gasteiger partial charge in [-0.1, -0.05) is 42.5 Å². The van der Waals surface area contributed by atoms with Crippen LogP contribution in [-0.4, -0.2) is 18.2 Å². The average Bonchev–Trinajstić information content (AvgIpc) is 2.98. The van der Waals surface area contributed by atoms with E-state index >= 15 is 0 Å². The summed E-state index contributed by atoms with van der Waals surface area (Å²) in [6.07, 6.45) is 0.735. The molecular formula is C19H17NO3. The summed E-state index contributed by atoms with van der Waals surface area (Å²) in [6.45, 7) is 2.08. The zero-order valence-electron chi connectivity index (χ0n) is 12.8. The van der Waals surface area contributed by atoms with E-state index < -0.39 is 0 Å². The summed E-state index contributed by atoms with van der Waals surface area (Å²) in [5.74, 6) is 0.175. The topological polar surface area (TPSA) is 59.3 Å². The largest absolute Gasteiger partial charge is 0.453 e. The van der Waals surface area contributed by atoms with Crippen LogP contribution >= 0.6 is 0 Å². The monoisotopic (exact) mass is 307 g/mol. The summed E-state index contributed by atoms with van der Waals surface area (Å²) in [4.78, 5) is 23.3. The SMILES string of the molecule is CC(=O)NCCc1ccc(C(=O)c2cc3ccccc3o2)cc1. The Balaban J connectivity index is 1.73. The molecule has 3 aromatic rings. The second kappa shape index (κ2) is 6.48. The maximum Gasteiger partial charge on any atom is 0.228 e. The predicted molar refractivity (Wildman–Crippen MR) is 88.5 cm³/mol. The second-order valence-corrected chi connectivity index (χ2v) is 5.41. The highest BCUT2D eigenvalue weighted by atomic mass is 16.3. The number of ketones is 1. The van der Waals surface area contributed by atoms with E-state index in [1.165, 1.54) is 6.92 Å². The smallest absolute Gasteiger partial charge is 0.228 e. The van der Waals surface area contributed by atoms with Crippen LogP contribution in [0.4, 0.5) is 0 Å². The maximum atomic E-state index is 12.5. The molecule has 1 amide bonds. The van der Waals surface area contributed by atoms with Crippen molar-refractivity contribution in [3.05, 3.63) is 71.5 Å². The standard InChI is InChI=1S/C19H17NO3/c1-13(21)20-11-10-14-6-8-15(9-7-14)19(22)18-12-16-4-2-3-5-17(16)23-18/h2-9,12H,10-11H2,1H3,(H,20,21). The minimum absolute atomic E-state index is 0.0401. The number of rotatable bonds is 5. The number of carbonyl (C=O) groups is 2. The van der Waals surface area contributed by atoms with Crippen molar-refractivity contribution >= 4 is 22.7 Å². The van der Waals surface area contributed by atoms with Crippen molar-refractivity contribution in [2.24, 2.45) is 0 Å². The lowest BCUT2D eigenvalue weighted by molar-refractivity contribution is -0.118. The molecular weight excluding hydrogens is 290 g/mol. The van der Waals surface area contributed by atoms with Crippen LogP contribution in [-0.2, 0) is 11.2 Å². The van der Waals surface area contributed by atoms with Gasteiger partial charge in [0.2, 0.25) is 11.7 Å². The maximum absolute atomic E-state index is 12.5. The Morgan fingerprint density at radius 2 is 1.78 bits per heavy atom. The number of hydrogen-bond acceptors (Lipinski definition) is 3. The van der Waals surface area contributed by atoms with Crippen LogP contribution in [0.15, 0.2) is 59.0 Å². The molecule has 3 rings (SSSR count). The van der Waals surface area contributed by atoms with Gasteiger partial charge in [-0.05, 0) is 24.1 Å². The van der Waals surface area contributed by atoms with Crippen molar-refractivity contribution in [2.45, 2.75) is 13.3 Å². The van der Waals surface area contributed by atoms with Crippen LogP contribution in [0.5, 0.6) is 0 Å². The number of amides is 1. The fourth-order valence-corrected chi connectivity index (χ4v) is 2.44. The molecule has 0 spiro atoms. The minimum Gasteiger partial charge on any atom is -0.453 e. The number of furan rings is 1. The highest BCUT2D eigenvalue weighted by molar-refractivity contribution is 6.08. The van der Waals surface area contributed by atoms with E-state index in [1.807, 2.05) is 36.4 Å². The van der Waals surface area contributed by atoms with Gasteiger partial charge in [0, 0.05) is 24.4 Å². The first-order valence-corrected chi connectivity index (χ1v) is 7.50. The molecule has 0 unspecified atom stereocenters. The van der Waals surface area contributed by atoms with Gasteiger partial charge in [-0.2, -0.15) is 0 Å². The fraction of sp³-hybridized carbons (Fsp3) is 0.158. The number of fused-ring (bicyclic) bond motifs is 1. The van der Waals surface area contributed by atoms with Crippen LogP contribution in [0.25, 0.3) is 11.0 Å². The lowest BCUT2D eigenvalue weighted by Crippen LogP contribution is -2.22. The average molecular weight is 307 g/mol. The summed E-state index contributed by atoms with van der Waals surface area (Å²) in [5, 5.41) is 3.67. The zero-order chi connectivity index (χ0) is 16.2. The van der Waals surface area contributed by atoms with E-state index in [0.29, 0.717) is 23.5 Å². The van der Waals surface area contributed by atoms with Gasteiger partial charge < -0.3 is 9.73 Å².